The minimum Gasteiger partial charge on any atom is -0.313 e. The molecule has 0 radical (unpaired) electrons. The molecule has 2 heteroatoms. The van der Waals surface area contributed by atoms with Crippen LogP contribution in [0.1, 0.15) is 43.0 Å². The predicted molar refractivity (Wildman–Crippen MR) is 87.1 cm³/mol. The van der Waals surface area contributed by atoms with E-state index in [0.717, 1.165) is 11.8 Å². The largest absolute Gasteiger partial charge is 0.313 e. The van der Waals surface area contributed by atoms with Crippen molar-refractivity contribution >= 4 is 0 Å². The van der Waals surface area contributed by atoms with Gasteiger partial charge in [-0.2, -0.15) is 0 Å². The molecule has 0 amide bonds. The van der Waals surface area contributed by atoms with Crippen molar-refractivity contribution in [1.82, 2.24) is 10.2 Å². The third kappa shape index (κ3) is 3.83. The highest BCUT2D eigenvalue weighted by Gasteiger charge is 2.26. The Labute approximate surface area is 124 Å². The molecule has 1 aromatic carbocycles. The Hall–Kier alpha value is -0.860. The van der Waals surface area contributed by atoms with Crippen LogP contribution in [0.3, 0.4) is 0 Å². The topological polar surface area (TPSA) is 15.3 Å². The monoisotopic (exact) mass is 274 g/mol. The Morgan fingerprint density at radius 1 is 1.10 bits per heavy atom. The number of rotatable bonds is 5. The molecular formula is C18H30N2. The summed E-state index contributed by atoms with van der Waals surface area (Å²) in [6.45, 7) is 12.9. The number of hydrogen-bond donors (Lipinski definition) is 1. The second kappa shape index (κ2) is 6.73. The van der Waals surface area contributed by atoms with E-state index in [2.05, 4.69) is 63.2 Å². The maximum atomic E-state index is 3.49. The van der Waals surface area contributed by atoms with Gasteiger partial charge in [-0.3, -0.25) is 0 Å². The first-order valence-corrected chi connectivity index (χ1v) is 7.97. The van der Waals surface area contributed by atoms with Crippen molar-refractivity contribution in [1.29, 1.82) is 0 Å². The Morgan fingerprint density at radius 3 is 2.15 bits per heavy atom. The zero-order chi connectivity index (χ0) is 14.7. The van der Waals surface area contributed by atoms with Gasteiger partial charge in [0, 0.05) is 19.1 Å². The zero-order valence-corrected chi connectivity index (χ0v) is 13.7. The van der Waals surface area contributed by atoms with Crippen LogP contribution >= 0.6 is 0 Å². The van der Waals surface area contributed by atoms with Gasteiger partial charge in [-0.05, 0) is 51.3 Å². The fraction of sp³-hybridized carbons (Fsp3) is 0.667. The molecule has 1 aromatic rings. The fourth-order valence-electron chi connectivity index (χ4n) is 3.43. The Balaban J connectivity index is 1.95. The van der Waals surface area contributed by atoms with Crippen molar-refractivity contribution in [2.75, 3.05) is 26.7 Å². The van der Waals surface area contributed by atoms with Crippen LogP contribution in [0.25, 0.3) is 0 Å². The Morgan fingerprint density at radius 2 is 1.65 bits per heavy atom. The lowest BCUT2D eigenvalue weighted by atomic mass is 9.99. The molecule has 1 aliphatic heterocycles. The van der Waals surface area contributed by atoms with E-state index in [4.69, 9.17) is 0 Å². The van der Waals surface area contributed by atoms with Gasteiger partial charge in [0.05, 0.1) is 0 Å². The van der Waals surface area contributed by atoms with Crippen LogP contribution in [0, 0.1) is 25.7 Å². The van der Waals surface area contributed by atoms with Gasteiger partial charge in [-0.25, -0.2) is 0 Å². The van der Waals surface area contributed by atoms with Crippen LogP contribution in [0.4, 0.5) is 0 Å². The summed E-state index contributed by atoms with van der Waals surface area (Å²) in [5.41, 5.74) is 4.16. The van der Waals surface area contributed by atoms with Crippen LogP contribution in [0.2, 0.25) is 0 Å². The van der Waals surface area contributed by atoms with E-state index in [1.54, 1.807) is 0 Å². The number of nitrogens with zero attached hydrogens (tertiary/aromatic N) is 1. The first kappa shape index (κ1) is 15.5. The second-order valence-electron chi connectivity index (χ2n) is 6.77. The Bertz CT molecular complexity index is 411. The quantitative estimate of drug-likeness (QED) is 0.883. The Kier molecular flexibility index (Phi) is 5.22. The SMILES string of the molecule is CNC(CCN1CC(C)C(C)C1)c1cc(C)cc(C)c1. The van der Waals surface area contributed by atoms with E-state index >= 15 is 0 Å². The lowest BCUT2D eigenvalue weighted by molar-refractivity contribution is 0.301. The average Bonchev–Trinajstić information content (AvgIpc) is 2.68. The maximum absolute atomic E-state index is 3.49. The maximum Gasteiger partial charge on any atom is 0.0329 e. The smallest absolute Gasteiger partial charge is 0.0329 e. The summed E-state index contributed by atoms with van der Waals surface area (Å²) in [5.74, 6) is 1.70. The van der Waals surface area contributed by atoms with E-state index in [1.165, 1.54) is 42.7 Å². The van der Waals surface area contributed by atoms with Crippen molar-refractivity contribution in [3.05, 3.63) is 34.9 Å². The average molecular weight is 274 g/mol. The van der Waals surface area contributed by atoms with Gasteiger partial charge in [0.2, 0.25) is 0 Å². The van der Waals surface area contributed by atoms with Gasteiger partial charge in [0.25, 0.3) is 0 Å². The number of benzene rings is 1. The summed E-state index contributed by atoms with van der Waals surface area (Å²) in [6, 6.07) is 7.37. The molecule has 0 aromatic heterocycles. The van der Waals surface area contributed by atoms with Crippen LogP contribution in [0.5, 0.6) is 0 Å². The van der Waals surface area contributed by atoms with E-state index in [9.17, 15) is 0 Å². The fourth-order valence-corrected chi connectivity index (χ4v) is 3.43. The summed E-state index contributed by atoms with van der Waals surface area (Å²) in [6.07, 6.45) is 1.19. The van der Waals surface area contributed by atoms with Crippen molar-refractivity contribution in [2.45, 2.75) is 40.2 Å². The van der Waals surface area contributed by atoms with E-state index in [0.29, 0.717) is 6.04 Å². The second-order valence-corrected chi connectivity index (χ2v) is 6.77. The highest BCUT2D eigenvalue weighted by molar-refractivity contribution is 5.30. The summed E-state index contributed by atoms with van der Waals surface area (Å²) in [4.78, 5) is 2.63. The normalized spacial score (nSPS) is 25.1. The van der Waals surface area contributed by atoms with Crippen LogP contribution < -0.4 is 5.32 Å². The van der Waals surface area contributed by atoms with Gasteiger partial charge in [0.1, 0.15) is 0 Å². The third-order valence-electron chi connectivity index (χ3n) is 4.79. The molecule has 1 heterocycles. The number of likely N-dealkylation sites (tertiary alicyclic amines) is 1. The highest BCUT2D eigenvalue weighted by atomic mass is 15.2. The molecule has 2 nitrogen and oxygen atoms in total. The molecular weight excluding hydrogens is 244 g/mol. The summed E-state index contributed by atoms with van der Waals surface area (Å²) in [7, 11) is 2.08. The molecule has 112 valence electrons. The van der Waals surface area contributed by atoms with Crippen LogP contribution in [-0.4, -0.2) is 31.6 Å². The summed E-state index contributed by atoms with van der Waals surface area (Å²) >= 11 is 0. The zero-order valence-electron chi connectivity index (χ0n) is 13.7. The third-order valence-corrected chi connectivity index (χ3v) is 4.79. The number of hydrogen-bond acceptors (Lipinski definition) is 2. The molecule has 0 spiro atoms. The van der Waals surface area contributed by atoms with Crippen molar-refractivity contribution in [3.63, 3.8) is 0 Å². The van der Waals surface area contributed by atoms with E-state index < -0.39 is 0 Å². The molecule has 3 unspecified atom stereocenters. The minimum absolute atomic E-state index is 0.472. The van der Waals surface area contributed by atoms with Crippen LogP contribution in [-0.2, 0) is 0 Å². The summed E-state index contributed by atoms with van der Waals surface area (Å²) < 4.78 is 0. The van der Waals surface area contributed by atoms with Gasteiger partial charge in [-0.1, -0.05) is 43.2 Å². The number of nitrogens with one attached hydrogen (secondary N) is 1. The van der Waals surface area contributed by atoms with Crippen LogP contribution in [0.15, 0.2) is 18.2 Å². The van der Waals surface area contributed by atoms with E-state index in [1.807, 2.05) is 0 Å². The van der Waals surface area contributed by atoms with Gasteiger partial charge >= 0.3 is 0 Å². The highest BCUT2D eigenvalue weighted by Crippen LogP contribution is 2.25. The lowest BCUT2D eigenvalue weighted by Crippen LogP contribution is -2.27. The molecule has 3 atom stereocenters. The van der Waals surface area contributed by atoms with Gasteiger partial charge in [0.15, 0.2) is 0 Å². The predicted octanol–water partition coefficient (Wildman–Crippen LogP) is 3.54. The molecule has 0 saturated carbocycles. The number of aryl methyl sites for hydroxylation is 2. The van der Waals surface area contributed by atoms with Crippen molar-refractivity contribution in [2.24, 2.45) is 11.8 Å². The summed E-state index contributed by atoms with van der Waals surface area (Å²) in [5, 5.41) is 3.49. The van der Waals surface area contributed by atoms with E-state index in [-0.39, 0.29) is 0 Å². The molecule has 2 rings (SSSR count). The van der Waals surface area contributed by atoms with Gasteiger partial charge in [-0.15, -0.1) is 0 Å². The molecule has 20 heavy (non-hydrogen) atoms. The molecule has 0 aliphatic carbocycles. The first-order chi connectivity index (χ1) is 9.49. The molecule has 0 bridgehead atoms. The lowest BCUT2D eigenvalue weighted by Gasteiger charge is -2.22. The first-order valence-electron chi connectivity index (χ1n) is 7.97. The minimum atomic E-state index is 0.472. The van der Waals surface area contributed by atoms with Crippen molar-refractivity contribution in [3.8, 4) is 0 Å². The molecule has 1 N–H and O–H groups in total. The van der Waals surface area contributed by atoms with Crippen molar-refractivity contribution < 1.29 is 0 Å². The standard InChI is InChI=1S/C18H30N2/c1-13-8-14(2)10-17(9-13)18(19-5)6-7-20-11-15(3)16(4)12-20/h8-10,15-16,18-19H,6-7,11-12H2,1-5H3. The molecule has 1 fully saturated rings. The molecule has 1 saturated heterocycles. The molecule has 1 aliphatic rings. The van der Waals surface area contributed by atoms with Gasteiger partial charge < -0.3 is 10.2 Å².